The molecule has 2 aromatic rings. The van der Waals surface area contributed by atoms with Crippen LogP contribution in [-0.4, -0.2) is 25.8 Å². The van der Waals surface area contributed by atoms with Gasteiger partial charge in [-0.1, -0.05) is 20.8 Å². The van der Waals surface area contributed by atoms with E-state index in [1.165, 1.54) is 25.6 Å². The average molecular weight is 285 g/mol. The lowest BCUT2D eigenvalue weighted by molar-refractivity contribution is 0.177. The first-order valence-corrected chi connectivity index (χ1v) is 7.61. The number of rotatable bonds is 3. The van der Waals surface area contributed by atoms with E-state index in [2.05, 4.69) is 47.2 Å². The first-order chi connectivity index (χ1) is 10.0. The van der Waals surface area contributed by atoms with Crippen LogP contribution in [0.2, 0.25) is 0 Å². The van der Waals surface area contributed by atoms with Gasteiger partial charge in [0.2, 0.25) is 0 Å². The fourth-order valence-electron chi connectivity index (χ4n) is 3.31. The minimum Gasteiger partial charge on any atom is -0.381 e. The maximum atomic E-state index is 4.44. The number of nitrogens with zero attached hydrogens (tertiary/aromatic N) is 4. The molecule has 2 heterocycles. The van der Waals surface area contributed by atoms with Crippen LogP contribution in [0.25, 0.3) is 5.82 Å². The molecule has 21 heavy (non-hydrogen) atoms. The van der Waals surface area contributed by atoms with E-state index in [0.717, 1.165) is 11.5 Å². The fourth-order valence-corrected chi connectivity index (χ4v) is 3.31. The van der Waals surface area contributed by atoms with Crippen LogP contribution >= 0.6 is 0 Å². The van der Waals surface area contributed by atoms with Gasteiger partial charge in [-0.25, -0.2) is 14.6 Å². The first kappa shape index (κ1) is 14.0. The van der Waals surface area contributed by atoms with E-state index < -0.39 is 0 Å². The van der Waals surface area contributed by atoms with Gasteiger partial charge in [0.15, 0.2) is 5.82 Å². The summed E-state index contributed by atoms with van der Waals surface area (Å²) in [5.74, 6) is 1.47. The van der Waals surface area contributed by atoms with Crippen LogP contribution in [0.4, 0.5) is 5.69 Å². The summed E-state index contributed by atoms with van der Waals surface area (Å²) in [4.78, 5) is 8.37. The maximum Gasteiger partial charge on any atom is 0.155 e. The molecule has 1 aliphatic rings. The van der Waals surface area contributed by atoms with Gasteiger partial charge in [-0.3, -0.25) is 0 Å². The molecule has 112 valence electrons. The lowest BCUT2D eigenvalue weighted by atomic mass is 9.70. The van der Waals surface area contributed by atoms with Crippen LogP contribution in [0, 0.1) is 11.3 Å². The Labute approximate surface area is 125 Å². The molecule has 2 unspecified atom stereocenters. The van der Waals surface area contributed by atoms with E-state index in [1.54, 1.807) is 11.0 Å². The molecule has 1 N–H and O–H groups in total. The highest BCUT2D eigenvalue weighted by atomic mass is 15.3. The first-order valence-electron chi connectivity index (χ1n) is 7.61. The molecule has 0 spiro atoms. The van der Waals surface area contributed by atoms with Crippen LogP contribution in [0.15, 0.2) is 31.0 Å². The number of hydrogen-bond acceptors (Lipinski definition) is 4. The molecule has 0 saturated heterocycles. The summed E-state index contributed by atoms with van der Waals surface area (Å²) in [5, 5.41) is 7.72. The smallest absolute Gasteiger partial charge is 0.155 e. The highest BCUT2D eigenvalue weighted by molar-refractivity contribution is 5.44. The number of hydrogen-bond donors (Lipinski definition) is 1. The number of aromatic nitrogens is 4. The summed E-state index contributed by atoms with van der Waals surface area (Å²) in [6, 6.07) is 4.57. The molecule has 0 amide bonds. The fraction of sp³-hybridized carbons (Fsp3) is 0.562. The van der Waals surface area contributed by atoms with Gasteiger partial charge in [0.1, 0.15) is 12.7 Å². The molecule has 0 aromatic carbocycles. The Hall–Kier alpha value is -1.91. The minimum atomic E-state index is 0.479. The lowest BCUT2D eigenvalue weighted by Gasteiger charge is -2.39. The van der Waals surface area contributed by atoms with Crippen molar-refractivity contribution in [3.63, 3.8) is 0 Å². The van der Waals surface area contributed by atoms with Crippen molar-refractivity contribution in [2.45, 2.75) is 46.1 Å². The molecule has 3 rings (SSSR count). The molecule has 1 saturated carbocycles. The Morgan fingerprint density at radius 3 is 2.81 bits per heavy atom. The monoisotopic (exact) mass is 285 g/mol. The Morgan fingerprint density at radius 1 is 1.33 bits per heavy atom. The van der Waals surface area contributed by atoms with Crippen LogP contribution in [0.3, 0.4) is 0 Å². The zero-order chi connectivity index (χ0) is 14.9. The molecule has 2 atom stereocenters. The molecule has 5 heteroatoms. The second kappa shape index (κ2) is 5.47. The van der Waals surface area contributed by atoms with Crippen LogP contribution in [0.1, 0.15) is 40.0 Å². The van der Waals surface area contributed by atoms with Gasteiger partial charge in [-0.15, -0.1) is 0 Å². The van der Waals surface area contributed by atoms with Crippen molar-refractivity contribution in [3.8, 4) is 5.82 Å². The van der Waals surface area contributed by atoms with Crippen molar-refractivity contribution >= 4 is 5.69 Å². The molecule has 5 nitrogen and oxygen atoms in total. The lowest BCUT2D eigenvalue weighted by Crippen LogP contribution is -2.36. The van der Waals surface area contributed by atoms with E-state index >= 15 is 0 Å². The van der Waals surface area contributed by atoms with E-state index in [9.17, 15) is 0 Å². The Morgan fingerprint density at radius 2 is 2.19 bits per heavy atom. The van der Waals surface area contributed by atoms with Crippen molar-refractivity contribution < 1.29 is 0 Å². The van der Waals surface area contributed by atoms with Crippen molar-refractivity contribution in [2.24, 2.45) is 11.3 Å². The van der Waals surface area contributed by atoms with Crippen LogP contribution in [0.5, 0.6) is 0 Å². The van der Waals surface area contributed by atoms with Gasteiger partial charge in [0.05, 0.1) is 11.9 Å². The second-order valence-electron chi connectivity index (χ2n) is 6.88. The van der Waals surface area contributed by atoms with Crippen molar-refractivity contribution in [1.29, 1.82) is 0 Å². The topological polar surface area (TPSA) is 55.6 Å². The van der Waals surface area contributed by atoms with Crippen molar-refractivity contribution in [2.75, 3.05) is 5.32 Å². The second-order valence-corrected chi connectivity index (χ2v) is 6.88. The molecular formula is C16H23N5. The molecule has 0 aliphatic heterocycles. The minimum absolute atomic E-state index is 0.479. The summed E-state index contributed by atoms with van der Waals surface area (Å²) < 4.78 is 1.66. The van der Waals surface area contributed by atoms with E-state index in [0.29, 0.717) is 17.4 Å². The van der Waals surface area contributed by atoms with E-state index in [4.69, 9.17) is 0 Å². The third-order valence-electron chi connectivity index (χ3n) is 4.45. The highest BCUT2D eigenvalue weighted by Crippen LogP contribution is 2.39. The largest absolute Gasteiger partial charge is 0.381 e. The molecule has 1 fully saturated rings. The number of nitrogens with one attached hydrogen (secondary N) is 1. The van der Waals surface area contributed by atoms with Crippen molar-refractivity contribution in [3.05, 3.63) is 31.0 Å². The van der Waals surface area contributed by atoms with Gasteiger partial charge in [0, 0.05) is 6.04 Å². The summed E-state index contributed by atoms with van der Waals surface area (Å²) in [5.41, 5.74) is 1.56. The average Bonchev–Trinajstić information content (AvgIpc) is 2.96. The SMILES string of the molecule is CC1CC(C)(C)CCC1Nc1ccc(-n2cncn2)nc1. The highest BCUT2D eigenvalue weighted by Gasteiger charge is 2.32. The third kappa shape index (κ3) is 3.23. The van der Waals surface area contributed by atoms with Gasteiger partial charge in [-0.05, 0) is 42.7 Å². The van der Waals surface area contributed by atoms with Gasteiger partial charge in [0.25, 0.3) is 0 Å². The quantitative estimate of drug-likeness (QED) is 0.940. The van der Waals surface area contributed by atoms with E-state index in [1.807, 2.05) is 12.3 Å². The predicted octanol–water partition coefficient (Wildman–Crippen LogP) is 3.29. The zero-order valence-electron chi connectivity index (χ0n) is 13.0. The molecule has 2 aromatic heterocycles. The van der Waals surface area contributed by atoms with Crippen molar-refractivity contribution in [1.82, 2.24) is 19.7 Å². The number of pyridine rings is 1. The maximum absolute atomic E-state index is 4.44. The summed E-state index contributed by atoms with van der Waals surface area (Å²) in [6.07, 6.45) is 8.82. The van der Waals surface area contributed by atoms with E-state index in [-0.39, 0.29) is 0 Å². The summed E-state index contributed by atoms with van der Waals surface area (Å²) in [6.45, 7) is 7.08. The molecule has 0 bridgehead atoms. The third-order valence-corrected chi connectivity index (χ3v) is 4.45. The predicted molar refractivity (Wildman–Crippen MR) is 83.4 cm³/mol. The van der Waals surface area contributed by atoms with Gasteiger partial charge >= 0.3 is 0 Å². The standard InChI is InChI=1S/C16H23N5/c1-12-8-16(2,3)7-6-14(12)20-13-4-5-15(18-9-13)21-11-17-10-19-21/h4-5,9-12,14,20H,6-8H2,1-3H3. The summed E-state index contributed by atoms with van der Waals surface area (Å²) in [7, 11) is 0. The van der Waals surface area contributed by atoms with Gasteiger partial charge in [-0.2, -0.15) is 5.10 Å². The number of anilines is 1. The molecule has 1 aliphatic carbocycles. The summed E-state index contributed by atoms with van der Waals surface area (Å²) >= 11 is 0. The normalized spacial score (nSPS) is 24.7. The van der Waals surface area contributed by atoms with Gasteiger partial charge < -0.3 is 5.32 Å². The Balaban J connectivity index is 1.66. The molecule has 0 radical (unpaired) electrons. The Kier molecular flexibility index (Phi) is 3.66. The Bertz CT molecular complexity index is 573. The van der Waals surface area contributed by atoms with Crippen LogP contribution in [-0.2, 0) is 0 Å². The molecular weight excluding hydrogens is 262 g/mol. The van der Waals surface area contributed by atoms with Crippen LogP contribution < -0.4 is 5.32 Å². The zero-order valence-corrected chi connectivity index (χ0v) is 13.0.